The van der Waals surface area contributed by atoms with Gasteiger partial charge in [-0.25, -0.2) is 13.2 Å². The average Bonchev–Trinajstić information content (AvgIpc) is 3.82. The number of pyridine rings is 1. The minimum atomic E-state index is -0.751. The molecule has 5 aliphatic rings. The number of nitrogens with zero attached hydrogens (tertiary/aromatic N) is 7. The molecule has 0 radical (unpaired) electrons. The van der Waals surface area contributed by atoms with Crippen LogP contribution in [-0.2, 0) is 9.53 Å². The molecular formula is C39H42F3N7O3. The number of piperazine rings is 1. The predicted molar refractivity (Wildman–Crippen MR) is 191 cm³/mol. The maximum absolute atomic E-state index is 16.7. The number of hydrogen-bond acceptors (Lipinski definition) is 9. The van der Waals surface area contributed by atoms with Gasteiger partial charge in [0.2, 0.25) is 0 Å². The molecule has 13 heteroatoms. The highest BCUT2D eigenvalue weighted by atomic mass is 19.1. The third-order valence-electron chi connectivity index (χ3n) is 12.0. The van der Waals surface area contributed by atoms with Crippen LogP contribution in [0.5, 0.6) is 6.01 Å². The van der Waals surface area contributed by atoms with E-state index in [4.69, 9.17) is 14.5 Å². The van der Waals surface area contributed by atoms with Gasteiger partial charge in [0, 0.05) is 62.0 Å². The largest absolute Gasteiger partial charge is 0.461 e. The standard InChI is InChI=1S/C39H42F3N7O3/c40-30-8-2-6-25-5-1-7-28(32(25)30)34-33(42)35-29(21-43-34)36(45-38(44-35)52-24-39-12-3-14-48(39)15-4-13-39)46-17-19-47(20-18-46)37(50)31(41)11-16-49-26-9-10-27(49)23-51-22-26/h1-2,5-8,11,21,26-27H,3-4,9-10,12-20,22-24H2/b31-11-. The van der Waals surface area contributed by atoms with E-state index < -0.39 is 23.4 Å². The first-order valence-corrected chi connectivity index (χ1v) is 18.5. The number of benzene rings is 2. The van der Waals surface area contributed by atoms with Crippen molar-refractivity contribution in [3.8, 4) is 17.3 Å². The molecule has 272 valence electrons. The van der Waals surface area contributed by atoms with E-state index in [1.54, 1.807) is 30.3 Å². The Morgan fingerprint density at radius 2 is 1.69 bits per heavy atom. The van der Waals surface area contributed by atoms with Gasteiger partial charge in [-0.2, -0.15) is 9.97 Å². The van der Waals surface area contributed by atoms with Gasteiger partial charge in [0.25, 0.3) is 5.91 Å². The fourth-order valence-electron chi connectivity index (χ4n) is 9.22. The van der Waals surface area contributed by atoms with Crippen LogP contribution in [0.4, 0.5) is 19.0 Å². The minimum absolute atomic E-state index is 0.0158. The molecule has 0 spiro atoms. The monoisotopic (exact) mass is 713 g/mol. The lowest BCUT2D eigenvalue weighted by atomic mass is 9.95. The second-order valence-corrected chi connectivity index (χ2v) is 14.8. The lowest BCUT2D eigenvalue weighted by Crippen LogP contribution is -2.49. The van der Waals surface area contributed by atoms with Crippen molar-refractivity contribution in [1.82, 2.24) is 29.7 Å². The van der Waals surface area contributed by atoms with Crippen LogP contribution < -0.4 is 9.64 Å². The highest BCUT2D eigenvalue weighted by Gasteiger charge is 2.45. The molecular weight excluding hydrogens is 671 g/mol. The van der Waals surface area contributed by atoms with Crippen molar-refractivity contribution < 1.29 is 27.4 Å². The molecule has 52 heavy (non-hydrogen) atoms. The smallest absolute Gasteiger partial charge is 0.319 e. The zero-order chi connectivity index (χ0) is 35.4. The van der Waals surface area contributed by atoms with Crippen molar-refractivity contribution in [1.29, 1.82) is 0 Å². The number of ether oxygens (including phenoxy) is 2. The lowest BCUT2D eigenvalue weighted by molar-refractivity contribution is -0.129. The SMILES string of the molecule is O=C(/C(F)=C/CN1C2CCC1COC2)N1CCN(c2nc(OCC34CCCN3CCC4)nc3c(F)c(-c4cccc5cccc(F)c45)ncc23)CC1. The second kappa shape index (κ2) is 13.6. The number of fused-ring (bicyclic) bond motifs is 5. The molecule has 0 saturated carbocycles. The number of rotatable bonds is 8. The summed E-state index contributed by atoms with van der Waals surface area (Å²) in [6, 6.07) is 10.5. The number of carbonyl (C=O) groups excluding carboxylic acids is 1. The first-order chi connectivity index (χ1) is 25.4. The first kappa shape index (κ1) is 33.5. The van der Waals surface area contributed by atoms with E-state index in [1.165, 1.54) is 23.2 Å². The third-order valence-corrected chi connectivity index (χ3v) is 12.0. The lowest BCUT2D eigenvalue weighted by Gasteiger charge is -2.36. The predicted octanol–water partition coefficient (Wildman–Crippen LogP) is 5.50. The molecule has 5 saturated heterocycles. The van der Waals surface area contributed by atoms with Gasteiger partial charge in [0.05, 0.1) is 24.1 Å². The molecule has 0 N–H and O–H groups in total. The van der Waals surface area contributed by atoms with Crippen LogP contribution in [-0.4, -0.2) is 119 Å². The van der Waals surface area contributed by atoms with Crippen LogP contribution in [0, 0.1) is 11.6 Å². The van der Waals surface area contributed by atoms with E-state index in [1.807, 2.05) is 4.90 Å². The van der Waals surface area contributed by atoms with E-state index >= 15 is 13.2 Å². The fraction of sp³-hybridized carbons (Fsp3) is 0.487. The zero-order valence-corrected chi connectivity index (χ0v) is 29.1. The van der Waals surface area contributed by atoms with Gasteiger partial charge in [-0.15, -0.1) is 0 Å². The topological polar surface area (TPSA) is 87.2 Å². The number of hydrogen-bond donors (Lipinski definition) is 0. The Bertz CT molecular complexity index is 2020. The molecule has 0 aliphatic carbocycles. The number of morpholine rings is 1. The van der Waals surface area contributed by atoms with Crippen molar-refractivity contribution in [3.05, 3.63) is 66.1 Å². The van der Waals surface area contributed by atoms with Crippen LogP contribution in [0.1, 0.15) is 38.5 Å². The summed E-state index contributed by atoms with van der Waals surface area (Å²) in [7, 11) is 0. The Labute approximate surface area is 300 Å². The number of halogens is 3. The Balaban J connectivity index is 1.00. The summed E-state index contributed by atoms with van der Waals surface area (Å²) >= 11 is 0. The number of amides is 1. The highest BCUT2D eigenvalue weighted by molar-refractivity contribution is 5.99. The molecule has 2 atom stereocenters. The van der Waals surface area contributed by atoms with Gasteiger partial charge in [-0.05, 0) is 69.1 Å². The molecule has 5 fully saturated rings. The summed E-state index contributed by atoms with van der Waals surface area (Å²) in [5, 5.41) is 1.29. The Kier molecular flexibility index (Phi) is 8.75. The van der Waals surface area contributed by atoms with Gasteiger partial charge in [-0.3, -0.25) is 19.6 Å². The van der Waals surface area contributed by atoms with E-state index in [0.717, 1.165) is 51.6 Å². The van der Waals surface area contributed by atoms with Gasteiger partial charge in [0.1, 0.15) is 29.5 Å². The van der Waals surface area contributed by atoms with Crippen molar-refractivity contribution in [2.24, 2.45) is 0 Å². The van der Waals surface area contributed by atoms with Crippen LogP contribution in [0.2, 0.25) is 0 Å². The summed E-state index contributed by atoms with van der Waals surface area (Å²) in [6.45, 7) is 5.33. The van der Waals surface area contributed by atoms with Crippen LogP contribution in [0.15, 0.2) is 54.5 Å². The van der Waals surface area contributed by atoms with E-state index in [2.05, 4.69) is 19.8 Å². The summed E-state index contributed by atoms with van der Waals surface area (Å²) in [4.78, 5) is 35.3. The zero-order valence-electron chi connectivity index (χ0n) is 29.1. The first-order valence-electron chi connectivity index (χ1n) is 18.5. The van der Waals surface area contributed by atoms with Gasteiger partial charge >= 0.3 is 6.01 Å². The second-order valence-electron chi connectivity index (χ2n) is 14.8. The quantitative estimate of drug-likeness (QED) is 0.220. The van der Waals surface area contributed by atoms with Crippen LogP contribution >= 0.6 is 0 Å². The highest BCUT2D eigenvalue weighted by Crippen LogP contribution is 2.40. The molecule has 5 aliphatic heterocycles. The Morgan fingerprint density at radius 3 is 2.44 bits per heavy atom. The molecule has 1 amide bonds. The van der Waals surface area contributed by atoms with Crippen molar-refractivity contribution in [2.45, 2.75) is 56.1 Å². The molecule has 2 aromatic heterocycles. The molecule has 10 nitrogen and oxygen atoms in total. The van der Waals surface area contributed by atoms with Crippen molar-refractivity contribution in [3.63, 3.8) is 0 Å². The Hall–Kier alpha value is -4.33. The van der Waals surface area contributed by atoms with Gasteiger partial charge in [-0.1, -0.05) is 30.3 Å². The van der Waals surface area contributed by atoms with Gasteiger partial charge < -0.3 is 19.3 Å². The normalized spacial score (nSPS) is 23.6. The number of aromatic nitrogens is 3. The fourth-order valence-corrected chi connectivity index (χ4v) is 9.22. The van der Waals surface area contributed by atoms with Gasteiger partial charge in [0.15, 0.2) is 11.6 Å². The summed E-state index contributed by atoms with van der Waals surface area (Å²) < 4.78 is 59.1. The van der Waals surface area contributed by atoms with E-state index in [0.29, 0.717) is 61.6 Å². The molecule has 7 heterocycles. The minimum Gasteiger partial charge on any atom is -0.461 e. The van der Waals surface area contributed by atoms with Crippen LogP contribution in [0.25, 0.3) is 32.9 Å². The summed E-state index contributed by atoms with van der Waals surface area (Å²) in [5.74, 6) is -2.12. The van der Waals surface area contributed by atoms with Crippen molar-refractivity contribution in [2.75, 3.05) is 70.5 Å². The maximum atomic E-state index is 16.7. The van der Waals surface area contributed by atoms with Crippen LogP contribution in [0.3, 0.4) is 0 Å². The Morgan fingerprint density at radius 1 is 0.962 bits per heavy atom. The molecule has 2 bridgehead atoms. The summed E-state index contributed by atoms with van der Waals surface area (Å²) in [6.07, 6.45) is 9.24. The molecule has 2 aromatic carbocycles. The summed E-state index contributed by atoms with van der Waals surface area (Å²) in [5.41, 5.74) is 0.256. The number of anilines is 1. The van der Waals surface area contributed by atoms with Crippen molar-refractivity contribution >= 4 is 33.4 Å². The maximum Gasteiger partial charge on any atom is 0.319 e. The van der Waals surface area contributed by atoms with E-state index in [-0.39, 0.29) is 53.3 Å². The number of carbonyl (C=O) groups is 1. The molecule has 4 aromatic rings. The molecule has 2 unspecified atom stereocenters. The third kappa shape index (κ3) is 5.86. The van der Waals surface area contributed by atoms with E-state index in [9.17, 15) is 4.79 Å². The average molecular weight is 714 g/mol. The molecule has 9 rings (SSSR count).